The summed E-state index contributed by atoms with van der Waals surface area (Å²) in [5.41, 5.74) is 0. The number of nitrogens with one attached hydrogen (secondary N) is 1. The topological polar surface area (TPSA) is 63.2 Å². The molecule has 1 aromatic heterocycles. The van der Waals surface area contributed by atoms with Gasteiger partial charge in [-0.05, 0) is 25.7 Å². The van der Waals surface area contributed by atoms with Gasteiger partial charge in [0.2, 0.25) is 11.9 Å². The van der Waals surface area contributed by atoms with Gasteiger partial charge < -0.3 is 15.0 Å². The smallest absolute Gasteiger partial charge is 0.322 e. The Morgan fingerprint density at radius 2 is 2.06 bits per heavy atom. The molecule has 1 saturated heterocycles. The molecule has 6 nitrogen and oxygen atoms in total. The van der Waals surface area contributed by atoms with E-state index in [2.05, 4.69) is 39.0 Å². The number of anilines is 2. The standard InChI is InChI=1S/C12H21N5O/c1-8-6-5-7-17(9(8)2)11-14-10(13-3)15-12(16-11)18-4/h8-9H,5-7H2,1-4H3,(H,13,14,15,16). The minimum Gasteiger partial charge on any atom is -0.467 e. The van der Waals surface area contributed by atoms with Gasteiger partial charge in [-0.25, -0.2) is 0 Å². The maximum Gasteiger partial charge on any atom is 0.322 e. The molecule has 1 N–H and O–H groups in total. The van der Waals surface area contributed by atoms with Crippen LogP contribution in [0.25, 0.3) is 0 Å². The van der Waals surface area contributed by atoms with Crippen molar-refractivity contribution in [2.24, 2.45) is 5.92 Å². The molecule has 6 heteroatoms. The van der Waals surface area contributed by atoms with Crippen molar-refractivity contribution in [2.75, 3.05) is 30.9 Å². The molecule has 2 unspecified atom stereocenters. The number of piperidine rings is 1. The number of methoxy groups -OCH3 is 1. The first kappa shape index (κ1) is 12.9. The van der Waals surface area contributed by atoms with E-state index in [4.69, 9.17) is 4.74 Å². The maximum atomic E-state index is 5.12. The second kappa shape index (κ2) is 5.37. The monoisotopic (exact) mass is 251 g/mol. The molecular formula is C12H21N5O. The minimum atomic E-state index is 0.356. The summed E-state index contributed by atoms with van der Waals surface area (Å²) in [4.78, 5) is 15.1. The average molecular weight is 251 g/mol. The van der Waals surface area contributed by atoms with Gasteiger partial charge in [0.15, 0.2) is 0 Å². The van der Waals surface area contributed by atoms with Crippen LogP contribution in [0.15, 0.2) is 0 Å². The van der Waals surface area contributed by atoms with Gasteiger partial charge in [0.05, 0.1) is 7.11 Å². The lowest BCUT2D eigenvalue weighted by Crippen LogP contribution is -2.43. The number of ether oxygens (including phenoxy) is 1. The second-order valence-corrected chi connectivity index (χ2v) is 4.75. The molecule has 0 spiro atoms. The zero-order chi connectivity index (χ0) is 13.1. The van der Waals surface area contributed by atoms with Crippen LogP contribution in [0.2, 0.25) is 0 Å². The van der Waals surface area contributed by atoms with Gasteiger partial charge in [0.1, 0.15) is 0 Å². The summed E-state index contributed by atoms with van der Waals surface area (Å²) < 4.78 is 5.12. The Labute approximate surface area is 108 Å². The van der Waals surface area contributed by atoms with Crippen molar-refractivity contribution in [1.82, 2.24) is 15.0 Å². The first-order chi connectivity index (χ1) is 8.65. The Morgan fingerprint density at radius 1 is 1.28 bits per heavy atom. The Hall–Kier alpha value is -1.59. The molecule has 0 bridgehead atoms. The number of rotatable bonds is 3. The van der Waals surface area contributed by atoms with E-state index in [0.29, 0.717) is 29.9 Å². The zero-order valence-corrected chi connectivity index (χ0v) is 11.5. The van der Waals surface area contributed by atoms with Crippen molar-refractivity contribution in [3.63, 3.8) is 0 Å². The summed E-state index contributed by atoms with van der Waals surface area (Å²) in [6.07, 6.45) is 2.44. The lowest BCUT2D eigenvalue weighted by atomic mass is 9.92. The normalized spacial score (nSPS) is 23.9. The third kappa shape index (κ3) is 2.47. The molecule has 1 fully saturated rings. The summed E-state index contributed by atoms with van der Waals surface area (Å²) in [5.74, 6) is 1.90. The van der Waals surface area contributed by atoms with Gasteiger partial charge in [-0.15, -0.1) is 0 Å². The predicted octanol–water partition coefficient (Wildman–Crippen LogP) is 1.55. The van der Waals surface area contributed by atoms with Crippen LogP contribution in [-0.2, 0) is 0 Å². The third-order valence-electron chi connectivity index (χ3n) is 3.64. The molecule has 2 rings (SSSR count). The molecule has 0 aromatic carbocycles. The van der Waals surface area contributed by atoms with Crippen LogP contribution in [0.1, 0.15) is 26.7 Å². The lowest BCUT2D eigenvalue weighted by molar-refractivity contribution is 0.351. The van der Waals surface area contributed by atoms with E-state index in [9.17, 15) is 0 Å². The van der Waals surface area contributed by atoms with Gasteiger partial charge in [0.25, 0.3) is 0 Å². The van der Waals surface area contributed by atoms with Gasteiger partial charge in [0, 0.05) is 19.6 Å². The molecule has 0 amide bonds. The van der Waals surface area contributed by atoms with Crippen LogP contribution < -0.4 is 15.0 Å². The molecule has 0 aliphatic carbocycles. The summed E-state index contributed by atoms with van der Waals surface area (Å²) >= 11 is 0. The molecule has 1 aliphatic heterocycles. The molecule has 18 heavy (non-hydrogen) atoms. The molecule has 2 atom stereocenters. The molecule has 1 aliphatic rings. The summed E-state index contributed by atoms with van der Waals surface area (Å²) in [5, 5.41) is 2.94. The Kier molecular flexibility index (Phi) is 3.84. The van der Waals surface area contributed by atoms with Crippen LogP contribution in [0.4, 0.5) is 11.9 Å². The number of nitrogens with zero attached hydrogens (tertiary/aromatic N) is 4. The highest BCUT2D eigenvalue weighted by atomic mass is 16.5. The number of hydrogen-bond donors (Lipinski definition) is 1. The lowest BCUT2D eigenvalue weighted by Gasteiger charge is -2.37. The fourth-order valence-corrected chi connectivity index (χ4v) is 2.30. The Morgan fingerprint density at radius 3 is 2.72 bits per heavy atom. The highest BCUT2D eigenvalue weighted by Crippen LogP contribution is 2.27. The van der Waals surface area contributed by atoms with Crippen LogP contribution in [0.5, 0.6) is 6.01 Å². The van der Waals surface area contributed by atoms with E-state index in [-0.39, 0.29) is 0 Å². The van der Waals surface area contributed by atoms with Crippen molar-refractivity contribution in [1.29, 1.82) is 0 Å². The van der Waals surface area contributed by atoms with E-state index in [1.165, 1.54) is 12.8 Å². The third-order valence-corrected chi connectivity index (χ3v) is 3.64. The van der Waals surface area contributed by atoms with E-state index < -0.39 is 0 Å². The number of hydrogen-bond acceptors (Lipinski definition) is 6. The van der Waals surface area contributed by atoms with Crippen molar-refractivity contribution in [2.45, 2.75) is 32.7 Å². The largest absolute Gasteiger partial charge is 0.467 e. The molecule has 0 saturated carbocycles. The molecular weight excluding hydrogens is 230 g/mol. The quantitative estimate of drug-likeness (QED) is 0.879. The summed E-state index contributed by atoms with van der Waals surface area (Å²) in [7, 11) is 3.36. The van der Waals surface area contributed by atoms with Crippen molar-refractivity contribution in [3.8, 4) is 6.01 Å². The summed E-state index contributed by atoms with van der Waals surface area (Å²) in [6, 6.07) is 0.797. The summed E-state index contributed by atoms with van der Waals surface area (Å²) in [6.45, 7) is 5.48. The minimum absolute atomic E-state index is 0.356. The van der Waals surface area contributed by atoms with E-state index in [0.717, 1.165) is 6.54 Å². The van der Waals surface area contributed by atoms with Gasteiger partial charge in [-0.3, -0.25) is 0 Å². The molecule has 0 radical (unpaired) electrons. The first-order valence-corrected chi connectivity index (χ1v) is 6.40. The zero-order valence-electron chi connectivity index (χ0n) is 11.5. The van der Waals surface area contributed by atoms with Crippen LogP contribution in [0, 0.1) is 5.92 Å². The maximum absolute atomic E-state index is 5.12. The fraction of sp³-hybridized carbons (Fsp3) is 0.750. The average Bonchev–Trinajstić information content (AvgIpc) is 2.41. The van der Waals surface area contributed by atoms with Crippen LogP contribution in [-0.4, -0.2) is 41.7 Å². The molecule has 1 aromatic rings. The van der Waals surface area contributed by atoms with E-state index in [1.807, 2.05) is 0 Å². The molecule has 100 valence electrons. The Balaban J connectivity index is 2.31. The number of aromatic nitrogens is 3. The van der Waals surface area contributed by atoms with Crippen molar-refractivity contribution in [3.05, 3.63) is 0 Å². The van der Waals surface area contributed by atoms with Crippen molar-refractivity contribution >= 4 is 11.9 Å². The van der Waals surface area contributed by atoms with E-state index >= 15 is 0 Å². The van der Waals surface area contributed by atoms with Crippen LogP contribution >= 0.6 is 0 Å². The first-order valence-electron chi connectivity index (χ1n) is 6.40. The van der Waals surface area contributed by atoms with E-state index in [1.54, 1.807) is 14.2 Å². The Bertz CT molecular complexity index is 389. The highest BCUT2D eigenvalue weighted by molar-refractivity contribution is 5.39. The SMILES string of the molecule is CNc1nc(OC)nc(N2CCCC(C)C2C)n1. The molecule has 2 heterocycles. The van der Waals surface area contributed by atoms with Gasteiger partial charge in [-0.1, -0.05) is 6.92 Å². The van der Waals surface area contributed by atoms with Crippen molar-refractivity contribution < 1.29 is 4.74 Å². The van der Waals surface area contributed by atoms with Crippen LogP contribution in [0.3, 0.4) is 0 Å². The fourth-order valence-electron chi connectivity index (χ4n) is 2.30. The predicted molar refractivity (Wildman–Crippen MR) is 71.1 cm³/mol. The van der Waals surface area contributed by atoms with Gasteiger partial charge in [-0.2, -0.15) is 15.0 Å². The highest BCUT2D eigenvalue weighted by Gasteiger charge is 2.27. The second-order valence-electron chi connectivity index (χ2n) is 4.75. The van der Waals surface area contributed by atoms with Gasteiger partial charge >= 0.3 is 6.01 Å².